The smallest absolute Gasteiger partial charge is 0.129 e. The molecule has 1 atom stereocenters. The van der Waals surface area contributed by atoms with Crippen LogP contribution in [0.5, 0.6) is 0 Å². The Labute approximate surface area is 187 Å². The molecule has 0 saturated carbocycles. The van der Waals surface area contributed by atoms with E-state index in [4.69, 9.17) is 11.6 Å². The Morgan fingerprint density at radius 2 is 1.63 bits per heavy atom. The number of nitrogens with zero attached hydrogens (tertiary/aromatic N) is 2. The predicted octanol–water partition coefficient (Wildman–Crippen LogP) is 5.57. The summed E-state index contributed by atoms with van der Waals surface area (Å²) in [5.74, 6) is -0.240. The molecule has 166 valence electrons. The first-order chi connectivity index (χ1) is 14.1. The standard InChI is InChI=1S/C25H37ClFN3/c1-25(2,3)14-21(17-29(5)6)30(18-22-23(26)8-7-9-24(22)27)16-20-12-10-19(11-13-20)15-28-4/h7-13,21,28H,14-18H2,1-6H3/t21-/m0/s1. The minimum Gasteiger partial charge on any atom is -0.316 e. The maximum atomic E-state index is 14.6. The van der Waals surface area contributed by atoms with Crippen molar-refractivity contribution in [2.45, 2.75) is 52.9 Å². The van der Waals surface area contributed by atoms with Crippen LogP contribution in [-0.2, 0) is 19.6 Å². The topological polar surface area (TPSA) is 18.5 Å². The molecule has 0 unspecified atom stereocenters. The minimum atomic E-state index is -0.240. The van der Waals surface area contributed by atoms with Crippen molar-refractivity contribution in [1.82, 2.24) is 15.1 Å². The highest BCUT2D eigenvalue weighted by atomic mass is 35.5. The van der Waals surface area contributed by atoms with Crippen molar-refractivity contribution >= 4 is 11.6 Å². The zero-order valence-electron chi connectivity index (χ0n) is 19.3. The molecule has 0 aromatic heterocycles. The van der Waals surface area contributed by atoms with Crippen LogP contribution in [0, 0.1) is 11.2 Å². The third kappa shape index (κ3) is 7.99. The van der Waals surface area contributed by atoms with Crippen molar-refractivity contribution in [2.24, 2.45) is 5.41 Å². The highest BCUT2D eigenvalue weighted by Gasteiger charge is 2.26. The van der Waals surface area contributed by atoms with Gasteiger partial charge in [0.25, 0.3) is 0 Å². The predicted molar refractivity (Wildman–Crippen MR) is 126 cm³/mol. The number of hydrogen-bond donors (Lipinski definition) is 1. The number of halogens is 2. The van der Waals surface area contributed by atoms with Gasteiger partial charge in [0.2, 0.25) is 0 Å². The maximum absolute atomic E-state index is 14.6. The summed E-state index contributed by atoms with van der Waals surface area (Å²) in [6, 6.07) is 13.9. The van der Waals surface area contributed by atoms with Crippen molar-refractivity contribution in [2.75, 3.05) is 27.7 Å². The monoisotopic (exact) mass is 433 g/mol. The van der Waals surface area contributed by atoms with Gasteiger partial charge in [-0.2, -0.15) is 0 Å². The van der Waals surface area contributed by atoms with Gasteiger partial charge in [-0.3, -0.25) is 4.90 Å². The summed E-state index contributed by atoms with van der Waals surface area (Å²) in [5.41, 5.74) is 3.21. The van der Waals surface area contributed by atoms with E-state index in [0.717, 1.165) is 26.1 Å². The third-order valence-electron chi connectivity index (χ3n) is 5.15. The van der Waals surface area contributed by atoms with Gasteiger partial charge < -0.3 is 10.2 Å². The van der Waals surface area contributed by atoms with Crippen LogP contribution in [0.15, 0.2) is 42.5 Å². The van der Waals surface area contributed by atoms with Gasteiger partial charge in [0, 0.05) is 42.8 Å². The van der Waals surface area contributed by atoms with Crippen LogP contribution in [0.4, 0.5) is 4.39 Å². The molecule has 30 heavy (non-hydrogen) atoms. The van der Waals surface area contributed by atoms with E-state index in [9.17, 15) is 4.39 Å². The van der Waals surface area contributed by atoms with Crippen LogP contribution in [-0.4, -0.2) is 43.5 Å². The first kappa shape index (κ1) is 24.8. The zero-order chi connectivity index (χ0) is 22.3. The van der Waals surface area contributed by atoms with E-state index in [2.05, 4.69) is 74.2 Å². The second-order valence-corrected chi connectivity index (χ2v) is 10.0. The number of rotatable bonds is 10. The maximum Gasteiger partial charge on any atom is 0.129 e. The van der Waals surface area contributed by atoms with Crippen LogP contribution in [0.2, 0.25) is 5.02 Å². The average molecular weight is 434 g/mol. The summed E-state index contributed by atoms with van der Waals surface area (Å²) >= 11 is 6.39. The second-order valence-electron chi connectivity index (χ2n) is 9.63. The van der Waals surface area contributed by atoms with Gasteiger partial charge in [0.1, 0.15) is 5.82 Å². The Morgan fingerprint density at radius 1 is 1.00 bits per heavy atom. The summed E-state index contributed by atoms with van der Waals surface area (Å²) in [4.78, 5) is 4.59. The van der Waals surface area contributed by atoms with Crippen molar-refractivity contribution in [3.05, 3.63) is 70.0 Å². The third-order valence-corrected chi connectivity index (χ3v) is 5.51. The molecule has 3 nitrogen and oxygen atoms in total. The van der Waals surface area contributed by atoms with Gasteiger partial charge >= 0.3 is 0 Å². The number of likely N-dealkylation sites (N-methyl/N-ethyl adjacent to an activating group) is 1. The minimum absolute atomic E-state index is 0.161. The summed E-state index contributed by atoms with van der Waals surface area (Å²) in [6.07, 6.45) is 1.01. The van der Waals surface area contributed by atoms with E-state index in [-0.39, 0.29) is 17.3 Å². The number of benzene rings is 2. The van der Waals surface area contributed by atoms with Crippen LogP contribution in [0.25, 0.3) is 0 Å². The van der Waals surface area contributed by atoms with Crippen molar-refractivity contribution in [3.63, 3.8) is 0 Å². The molecule has 0 aliphatic carbocycles. The summed E-state index contributed by atoms with van der Waals surface area (Å²) in [5, 5.41) is 3.67. The molecule has 1 N–H and O–H groups in total. The summed E-state index contributed by atoms with van der Waals surface area (Å²) in [7, 11) is 6.14. The molecule has 0 saturated heterocycles. The van der Waals surface area contributed by atoms with E-state index in [1.807, 2.05) is 7.05 Å². The largest absolute Gasteiger partial charge is 0.316 e. The molecule has 0 fully saturated rings. The van der Waals surface area contributed by atoms with E-state index in [0.29, 0.717) is 17.1 Å². The van der Waals surface area contributed by atoms with Crippen molar-refractivity contribution in [1.29, 1.82) is 0 Å². The first-order valence-electron chi connectivity index (χ1n) is 10.6. The fraction of sp³-hybridized carbons (Fsp3) is 0.520. The van der Waals surface area contributed by atoms with E-state index < -0.39 is 0 Å². The van der Waals surface area contributed by atoms with E-state index in [1.54, 1.807) is 12.1 Å². The SMILES string of the molecule is CNCc1ccc(CN(Cc2c(F)cccc2Cl)[C@H](CN(C)C)CC(C)(C)C)cc1. The Hall–Kier alpha value is -1.46. The first-order valence-corrected chi connectivity index (χ1v) is 11.0. The lowest BCUT2D eigenvalue weighted by Crippen LogP contribution is -2.43. The lowest BCUT2D eigenvalue weighted by atomic mass is 9.87. The molecule has 2 rings (SSSR count). The molecule has 0 aliphatic heterocycles. The van der Waals surface area contributed by atoms with Crippen LogP contribution in [0.1, 0.15) is 43.9 Å². The Kier molecular flexibility index (Phi) is 9.30. The van der Waals surface area contributed by atoms with Gasteiger partial charge in [-0.25, -0.2) is 4.39 Å². The molecule has 0 radical (unpaired) electrons. The van der Waals surface area contributed by atoms with Gasteiger partial charge in [-0.05, 0) is 56.2 Å². The molecule has 5 heteroatoms. The van der Waals surface area contributed by atoms with Crippen LogP contribution >= 0.6 is 11.6 Å². The van der Waals surface area contributed by atoms with Crippen LogP contribution < -0.4 is 5.32 Å². The van der Waals surface area contributed by atoms with Gasteiger partial charge in [-0.1, -0.05) is 62.7 Å². The van der Waals surface area contributed by atoms with E-state index >= 15 is 0 Å². The van der Waals surface area contributed by atoms with Crippen molar-refractivity contribution < 1.29 is 4.39 Å². The van der Waals surface area contributed by atoms with Gasteiger partial charge in [0.05, 0.1) is 0 Å². The molecular weight excluding hydrogens is 397 g/mol. The molecular formula is C25H37ClFN3. The van der Waals surface area contributed by atoms with E-state index in [1.165, 1.54) is 17.2 Å². The molecule has 2 aromatic rings. The second kappa shape index (κ2) is 11.2. The van der Waals surface area contributed by atoms with Crippen molar-refractivity contribution in [3.8, 4) is 0 Å². The summed E-state index contributed by atoms with van der Waals surface area (Å²) < 4.78 is 14.6. The number of hydrogen-bond acceptors (Lipinski definition) is 3. The van der Waals surface area contributed by atoms with Gasteiger partial charge in [-0.15, -0.1) is 0 Å². The summed E-state index contributed by atoms with van der Waals surface area (Å²) in [6.45, 7) is 9.77. The molecule has 0 bridgehead atoms. The number of nitrogens with one attached hydrogen (secondary N) is 1. The Morgan fingerprint density at radius 3 is 2.17 bits per heavy atom. The highest BCUT2D eigenvalue weighted by molar-refractivity contribution is 6.31. The highest BCUT2D eigenvalue weighted by Crippen LogP contribution is 2.28. The molecule has 2 aromatic carbocycles. The Balaban J connectivity index is 2.36. The Bertz CT molecular complexity index is 764. The lowest BCUT2D eigenvalue weighted by Gasteiger charge is -2.37. The van der Waals surface area contributed by atoms with Crippen LogP contribution in [0.3, 0.4) is 0 Å². The zero-order valence-corrected chi connectivity index (χ0v) is 20.1. The normalized spacial score (nSPS) is 13.3. The average Bonchev–Trinajstić information content (AvgIpc) is 2.63. The fourth-order valence-corrected chi connectivity index (χ4v) is 4.06. The molecule has 0 aliphatic rings. The molecule has 0 amide bonds. The van der Waals surface area contributed by atoms with Gasteiger partial charge in [0.15, 0.2) is 0 Å². The quantitative estimate of drug-likeness (QED) is 0.528. The fourth-order valence-electron chi connectivity index (χ4n) is 3.84. The molecule has 0 spiro atoms. The lowest BCUT2D eigenvalue weighted by molar-refractivity contribution is 0.107. The molecule has 0 heterocycles.